The molecule has 2 rings (SSSR count). The minimum absolute atomic E-state index is 0.0987. The van der Waals surface area contributed by atoms with Gasteiger partial charge < -0.3 is 9.30 Å². The molecule has 0 aliphatic carbocycles. The fourth-order valence-electron chi connectivity index (χ4n) is 1.79. The molecule has 0 unspecified atom stereocenters. The lowest BCUT2D eigenvalue weighted by molar-refractivity contribution is -0.142. The summed E-state index contributed by atoms with van der Waals surface area (Å²) in [7, 11) is 2.81. The van der Waals surface area contributed by atoms with Crippen molar-refractivity contribution in [1.29, 1.82) is 0 Å². The number of halogens is 4. The second-order valence-corrected chi connectivity index (χ2v) is 4.75. The molecule has 102 valence electrons. The molecular formula is C12H10BrF3N2O. The number of imidazole rings is 1. The third-order valence-electron chi connectivity index (χ3n) is 2.63. The quantitative estimate of drug-likeness (QED) is 0.833. The number of benzene rings is 1. The van der Waals surface area contributed by atoms with Crippen LogP contribution in [0.1, 0.15) is 5.69 Å². The Labute approximate surface area is 116 Å². The lowest BCUT2D eigenvalue weighted by Gasteiger charge is -2.11. The summed E-state index contributed by atoms with van der Waals surface area (Å²) in [5.74, 6) is 0.549. The highest BCUT2D eigenvalue weighted by Gasteiger charge is 2.37. The number of hydrogen-bond donors (Lipinski definition) is 0. The largest absolute Gasteiger partial charge is 0.496 e. The fourth-order valence-corrected chi connectivity index (χ4v) is 2.33. The molecule has 1 aromatic heterocycles. The van der Waals surface area contributed by atoms with Crippen LogP contribution >= 0.6 is 15.9 Å². The van der Waals surface area contributed by atoms with Crippen LogP contribution in [0, 0.1) is 0 Å². The van der Waals surface area contributed by atoms with E-state index in [0.717, 1.165) is 10.9 Å². The smallest absolute Gasteiger partial charge is 0.433 e. The Morgan fingerprint density at radius 3 is 2.53 bits per heavy atom. The number of alkyl halides is 3. The van der Waals surface area contributed by atoms with Crippen molar-refractivity contribution in [2.45, 2.75) is 6.18 Å². The van der Waals surface area contributed by atoms with Gasteiger partial charge in [0.15, 0.2) is 5.69 Å². The lowest BCUT2D eigenvalue weighted by Crippen LogP contribution is -2.12. The van der Waals surface area contributed by atoms with Crippen molar-refractivity contribution in [3.8, 4) is 17.0 Å². The first kappa shape index (κ1) is 13.9. The summed E-state index contributed by atoms with van der Waals surface area (Å²) in [6, 6.07) is 4.69. The van der Waals surface area contributed by atoms with E-state index < -0.39 is 11.9 Å². The van der Waals surface area contributed by atoms with Crippen LogP contribution in [-0.4, -0.2) is 16.7 Å². The van der Waals surface area contributed by atoms with E-state index in [9.17, 15) is 13.2 Å². The van der Waals surface area contributed by atoms with Gasteiger partial charge in [0.25, 0.3) is 0 Å². The summed E-state index contributed by atoms with van der Waals surface area (Å²) in [6.07, 6.45) is -3.30. The molecule has 0 aliphatic rings. The van der Waals surface area contributed by atoms with E-state index in [1.54, 1.807) is 18.2 Å². The van der Waals surface area contributed by atoms with Crippen molar-refractivity contribution in [1.82, 2.24) is 9.55 Å². The lowest BCUT2D eigenvalue weighted by atomic mass is 10.1. The summed E-state index contributed by atoms with van der Waals surface area (Å²) >= 11 is 3.25. The molecule has 1 aromatic carbocycles. The molecule has 0 N–H and O–H groups in total. The summed E-state index contributed by atoms with van der Waals surface area (Å²) in [5.41, 5.74) is -0.497. The van der Waals surface area contributed by atoms with Gasteiger partial charge in [-0.15, -0.1) is 0 Å². The zero-order chi connectivity index (χ0) is 14.2. The Morgan fingerprint density at radius 1 is 1.32 bits per heavy atom. The van der Waals surface area contributed by atoms with Gasteiger partial charge in [0.2, 0.25) is 0 Å². The topological polar surface area (TPSA) is 27.1 Å². The zero-order valence-electron chi connectivity index (χ0n) is 10.1. The summed E-state index contributed by atoms with van der Waals surface area (Å²) < 4.78 is 45.5. The van der Waals surface area contributed by atoms with Crippen molar-refractivity contribution < 1.29 is 17.9 Å². The number of hydrogen-bond acceptors (Lipinski definition) is 2. The van der Waals surface area contributed by atoms with Gasteiger partial charge in [-0.25, -0.2) is 4.98 Å². The highest BCUT2D eigenvalue weighted by atomic mass is 79.9. The average Bonchev–Trinajstić information content (AvgIpc) is 2.70. The Bertz CT molecular complexity index is 608. The second kappa shape index (κ2) is 4.88. The minimum Gasteiger partial charge on any atom is -0.496 e. The predicted octanol–water partition coefficient (Wildman–Crippen LogP) is 3.88. The number of nitrogens with zero attached hydrogens (tertiary/aromatic N) is 2. The van der Waals surface area contributed by atoms with Gasteiger partial charge in [0.05, 0.1) is 17.9 Å². The molecule has 2 aromatic rings. The third-order valence-corrected chi connectivity index (χ3v) is 3.25. The number of aromatic nitrogens is 2. The normalized spacial score (nSPS) is 11.7. The maximum atomic E-state index is 13.0. The Hall–Kier alpha value is -1.50. The van der Waals surface area contributed by atoms with Crippen LogP contribution in [-0.2, 0) is 13.2 Å². The molecule has 7 heteroatoms. The monoisotopic (exact) mass is 334 g/mol. The van der Waals surface area contributed by atoms with Gasteiger partial charge >= 0.3 is 6.18 Å². The fraction of sp³-hybridized carbons (Fsp3) is 0.250. The first-order valence-corrected chi connectivity index (χ1v) is 6.06. The van der Waals surface area contributed by atoms with Crippen LogP contribution in [0.3, 0.4) is 0 Å². The van der Waals surface area contributed by atoms with E-state index in [2.05, 4.69) is 20.9 Å². The van der Waals surface area contributed by atoms with Crippen LogP contribution in [0.15, 0.2) is 29.0 Å². The van der Waals surface area contributed by atoms with Crippen molar-refractivity contribution in [3.05, 3.63) is 34.7 Å². The zero-order valence-corrected chi connectivity index (χ0v) is 11.7. The second-order valence-electron chi connectivity index (χ2n) is 3.90. The van der Waals surface area contributed by atoms with E-state index in [4.69, 9.17) is 4.74 Å². The van der Waals surface area contributed by atoms with Crippen LogP contribution in [0.5, 0.6) is 5.75 Å². The van der Waals surface area contributed by atoms with E-state index >= 15 is 0 Å². The van der Waals surface area contributed by atoms with Crippen molar-refractivity contribution in [2.75, 3.05) is 7.11 Å². The molecule has 0 spiro atoms. The molecular weight excluding hydrogens is 325 g/mol. The molecule has 0 bridgehead atoms. The number of rotatable bonds is 2. The summed E-state index contributed by atoms with van der Waals surface area (Å²) in [6.45, 7) is 0. The molecule has 0 atom stereocenters. The van der Waals surface area contributed by atoms with Crippen molar-refractivity contribution in [2.24, 2.45) is 7.05 Å². The predicted molar refractivity (Wildman–Crippen MR) is 67.9 cm³/mol. The molecule has 0 radical (unpaired) electrons. The summed E-state index contributed by atoms with van der Waals surface area (Å²) in [5, 5.41) is 0. The van der Waals surface area contributed by atoms with Gasteiger partial charge in [-0.2, -0.15) is 13.2 Å². The summed E-state index contributed by atoms with van der Waals surface area (Å²) in [4.78, 5) is 3.83. The van der Waals surface area contributed by atoms with E-state index in [1.165, 1.54) is 14.2 Å². The molecule has 19 heavy (non-hydrogen) atoms. The highest BCUT2D eigenvalue weighted by Crippen LogP contribution is 2.38. The van der Waals surface area contributed by atoms with Crippen LogP contribution in [0.2, 0.25) is 0 Å². The standard InChI is InChI=1S/C12H10BrF3N2O/c1-18-6-17-10(11(18)12(14,15)16)7-3-4-9(19-2)8(13)5-7/h3-6H,1-2H3. The Morgan fingerprint density at radius 2 is 2.00 bits per heavy atom. The van der Waals surface area contributed by atoms with E-state index in [-0.39, 0.29) is 5.69 Å². The SMILES string of the molecule is COc1ccc(-c2ncn(C)c2C(F)(F)F)cc1Br. The Balaban J connectivity index is 2.57. The van der Waals surface area contributed by atoms with Crippen LogP contribution < -0.4 is 4.74 Å². The van der Waals surface area contributed by atoms with Gasteiger partial charge in [-0.1, -0.05) is 0 Å². The van der Waals surface area contributed by atoms with E-state index in [0.29, 0.717) is 15.8 Å². The molecule has 0 saturated heterocycles. The molecule has 0 aliphatic heterocycles. The third kappa shape index (κ3) is 2.60. The van der Waals surface area contributed by atoms with Crippen LogP contribution in [0.4, 0.5) is 13.2 Å². The van der Waals surface area contributed by atoms with Crippen molar-refractivity contribution >= 4 is 15.9 Å². The molecule has 0 fully saturated rings. The van der Waals surface area contributed by atoms with Crippen LogP contribution in [0.25, 0.3) is 11.3 Å². The van der Waals surface area contributed by atoms with Crippen molar-refractivity contribution in [3.63, 3.8) is 0 Å². The molecule has 1 heterocycles. The number of methoxy groups -OCH3 is 1. The van der Waals surface area contributed by atoms with Gasteiger partial charge in [0, 0.05) is 12.6 Å². The first-order chi connectivity index (χ1) is 8.84. The first-order valence-electron chi connectivity index (χ1n) is 5.27. The van der Waals surface area contributed by atoms with E-state index in [1.807, 2.05) is 0 Å². The van der Waals surface area contributed by atoms with Gasteiger partial charge in [0.1, 0.15) is 11.4 Å². The minimum atomic E-state index is -4.45. The van der Waals surface area contributed by atoms with Gasteiger partial charge in [-0.3, -0.25) is 0 Å². The molecule has 3 nitrogen and oxygen atoms in total. The highest BCUT2D eigenvalue weighted by molar-refractivity contribution is 9.10. The Kier molecular flexibility index (Phi) is 3.58. The molecule has 0 amide bonds. The maximum Gasteiger partial charge on any atom is 0.433 e. The average molecular weight is 335 g/mol. The number of ether oxygens (including phenoxy) is 1. The van der Waals surface area contributed by atoms with Gasteiger partial charge in [-0.05, 0) is 34.1 Å². The maximum absolute atomic E-state index is 13.0. The number of aryl methyl sites for hydroxylation is 1. The molecule has 0 saturated carbocycles.